The van der Waals surface area contributed by atoms with Crippen LogP contribution in [0.1, 0.15) is 12.8 Å². The zero-order valence-electron chi connectivity index (χ0n) is 7.21. The molecular formula is C9H9F3O2. The van der Waals surface area contributed by atoms with E-state index >= 15 is 0 Å². The molecule has 1 N–H and O–H groups in total. The molecule has 14 heavy (non-hydrogen) atoms. The summed E-state index contributed by atoms with van der Waals surface area (Å²) in [5.41, 5.74) is -2.52. The first-order valence-corrected chi connectivity index (χ1v) is 4.36. The van der Waals surface area contributed by atoms with Gasteiger partial charge in [0.15, 0.2) is 5.41 Å². The van der Waals surface area contributed by atoms with Gasteiger partial charge in [-0.2, -0.15) is 13.2 Å². The van der Waals surface area contributed by atoms with E-state index in [9.17, 15) is 18.0 Å². The Bertz CT molecular complexity index is 308. The van der Waals surface area contributed by atoms with Crippen LogP contribution in [0.15, 0.2) is 12.2 Å². The number of aliphatic carboxylic acids is 1. The van der Waals surface area contributed by atoms with Gasteiger partial charge in [0, 0.05) is 5.92 Å². The molecule has 0 spiro atoms. The lowest BCUT2D eigenvalue weighted by Gasteiger charge is -2.32. The maximum atomic E-state index is 12.7. The number of alkyl halides is 3. The van der Waals surface area contributed by atoms with E-state index in [-0.39, 0.29) is 12.3 Å². The molecule has 78 valence electrons. The SMILES string of the molecule is O=C(O)[C@@]1(C(F)(F)F)C[C@H]2C=C[C@@H]1C2. The summed E-state index contributed by atoms with van der Waals surface area (Å²) in [7, 11) is 0. The minimum Gasteiger partial charge on any atom is -0.481 e. The molecular weight excluding hydrogens is 197 g/mol. The van der Waals surface area contributed by atoms with Crippen LogP contribution in [0.25, 0.3) is 0 Å². The predicted molar refractivity (Wildman–Crippen MR) is 41.5 cm³/mol. The Morgan fingerprint density at radius 1 is 1.43 bits per heavy atom. The normalized spacial score (nSPS) is 40.5. The van der Waals surface area contributed by atoms with E-state index in [0.717, 1.165) is 0 Å². The Labute approximate surface area is 78.4 Å². The zero-order chi connectivity index (χ0) is 10.6. The van der Waals surface area contributed by atoms with Crippen LogP contribution in [-0.2, 0) is 4.79 Å². The van der Waals surface area contributed by atoms with Crippen molar-refractivity contribution in [3.63, 3.8) is 0 Å². The Balaban J connectivity index is 2.44. The molecule has 5 heteroatoms. The summed E-state index contributed by atoms with van der Waals surface area (Å²) in [5, 5.41) is 8.77. The largest absolute Gasteiger partial charge is 0.481 e. The highest BCUT2D eigenvalue weighted by Gasteiger charge is 2.68. The molecule has 2 nitrogen and oxygen atoms in total. The molecule has 0 aliphatic heterocycles. The number of fused-ring (bicyclic) bond motifs is 2. The van der Waals surface area contributed by atoms with Crippen molar-refractivity contribution in [3.05, 3.63) is 12.2 Å². The standard InChI is InChI=1S/C9H9F3O2/c10-9(11,12)8(7(13)14)4-5-1-2-6(8)3-5/h1-2,5-6H,3-4H2,(H,13,14)/t5-,6+,8+/m0/s1. The Morgan fingerprint density at radius 3 is 2.29 bits per heavy atom. The first kappa shape index (κ1) is 9.55. The number of carboxylic acids is 1. The van der Waals surface area contributed by atoms with Gasteiger partial charge in [-0.15, -0.1) is 0 Å². The monoisotopic (exact) mass is 206 g/mol. The molecule has 2 aliphatic rings. The Kier molecular flexibility index (Phi) is 1.72. The molecule has 3 atom stereocenters. The van der Waals surface area contributed by atoms with Gasteiger partial charge in [-0.25, -0.2) is 0 Å². The molecule has 2 aliphatic carbocycles. The minimum atomic E-state index is -4.65. The molecule has 2 bridgehead atoms. The van der Waals surface area contributed by atoms with Crippen molar-refractivity contribution in [2.75, 3.05) is 0 Å². The number of halogens is 3. The van der Waals surface area contributed by atoms with Crippen molar-refractivity contribution in [3.8, 4) is 0 Å². The van der Waals surface area contributed by atoms with Crippen molar-refractivity contribution >= 4 is 5.97 Å². The summed E-state index contributed by atoms with van der Waals surface area (Å²) >= 11 is 0. The van der Waals surface area contributed by atoms with E-state index in [4.69, 9.17) is 5.11 Å². The maximum Gasteiger partial charge on any atom is 0.405 e. The van der Waals surface area contributed by atoms with Gasteiger partial charge in [0.05, 0.1) is 0 Å². The molecule has 0 aromatic carbocycles. The number of rotatable bonds is 1. The second-order valence-corrected chi connectivity index (χ2v) is 3.97. The number of carboxylic acid groups (broad SMARTS) is 1. The van der Waals surface area contributed by atoms with Crippen LogP contribution in [0.3, 0.4) is 0 Å². The molecule has 0 heterocycles. The van der Waals surface area contributed by atoms with Crippen LogP contribution in [0.5, 0.6) is 0 Å². The van der Waals surface area contributed by atoms with Gasteiger partial charge in [0.1, 0.15) is 0 Å². The molecule has 0 aromatic heterocycles. The zero-order valence-corrected chi connectivity index (χ0v) is 7.21. The van der Waals surface area contributed by atoms with Crippen molar-refractivity contribution in [2.45, 2.75) is 19.0 Å². The lowest BCUT2D eigenvalue weighted by atomic mass is 9.75. The number of allylic oxidation sites excluding steroid dienone is 2. The summed E-state index contributed by atoms with van der Waals surface area (Å²) in [4.78, 5) is 10.8. The highest BCUT2D eigenvalue weighted by Crippen LogP contribution is 2.59. The highest BCUT2D eigenvalue weighted by atomic mass is 19.4. The minimum absolute atomic E-state index is 0.210. The molecule has 0 saturated heterocycles. The van der Waals surface area contributed by atoms with Gasteiger partial charge in [-0.1, -0.05) is 12.2 Å². The lowest BCUT2D eigenvalue weighted by Crippen LogP contribution is -2.48. The van der Waals surface area contributed by atoms with E-state index in [1.807, 2.05) is 0 Å². The first-order valence-electron chi connectivity index (χ1n) is 4.36. The molecule has 0 radical (unpaired) electrons. The molecule has 1 fully saturated rings. The Morgan fingerprint density at radius 2 is 2.07 bits per heavy atom. The van der Waals surface area contributed by atoms with E-state index in [1.54, 1.807) is 6.08 Å². The molecule has 0 unspecified atom stereocenters. The van der Waals surface area contributed by atoms with Crippen LogP contribution >= 0.6 is 0 Å². The third kappa shape index (κ3) is 0.952. The summed E-state index contributed by atoms with van der Waals surface area (Å²) in [6, 6.07) is 0. The van der Waals surface area contributed by atoms with Gasteiger partial charge in [-0.3, -0.25) is 4.79 Å². The lowest BCUT2D eigenvalue weighted by molar-refractivity contribution is -0.238. The van der Waals surface area contributed by atoms with Crippen LogP contribution in [0, 0.1) is 17.3 Å². The third-order valence-electron chi connectivity index (χ3n) is 3.28. The average Bonchev–Trinajstić information content (AvgIpc) is 2.59. The fourth-order valence-electron chi connectivity index (χ4n) is 2.55. The second kappa shape index (κ2) is 2.52. The number of carbonyl (C=O) groups is 1. The Hall–Kier alpha value is -1.00. The number of hydrogen-bond acceptors (Lipinski definition) is 1. The quantitative estimate of drug-likeness (QED) is 0.668. The summed E-state index contributed by atoms with van der Waals surface area (Å²) in [6.07, 6.45) is -1.53. The summed E-state index contributed by atoms with van der Waals surface area (Å²) in [6.45, 7) is 0. The van der Waals surface area contributed by atoms with Gasteiger partial charge < -0.3 is 5.11 Å². The number of hydrogen-bond donors (Lipinski definition) is 1. The average molecular weight is 206 g/mol. The van der Waals surface area contributed by atoms with Crippen LogP contribution < -0.4 is 0 Å². The first-order chi connectivity index (χ1) is 6.38. The smallest absolute Gasteiger partial charge is 0.405 e. The van der Waals surface area contributed by atoms with E-state index in [2.05, 4.69) is 0 Å². The fraction of sp³-hybridized carbons (Fsp3) is 0.667. The second-order valence-electron chi connectivity index (χ2n) is 3.97. The fourth-order valence-corrected chi connectivity index (χ4v) is 2.55. The summed E-state index contributed by atoms with van der Waals surface area (Å²) < 4.78 is 38.1. The van der Waals surface area contributed by atoms with E-state index in [1.165, 1.54) is 6.08 Å². The van der Waals surface area contributed by atoms with Gasteiger partial charge in [0.2, 0.25) is 0 Å². The maximum absolute atomic E-state index is 12.7. The van der Waals surface area contributed by atoms with Crippen molar-refractivity contribution in [2.24, 2.45) is 17.3 Å². The van der Waals surface area contributed by atoms with Gasteiger partial charge >= 0.3 is 12.1 Å². The topological polar surface area (TPSA) is 37.3 Å². The third-order valence-corrected chi connectivity index (χ3v) is 3.28. The van der Waals surface area contributed by atoms with Crippen molar-refractivity contribution < 1.29 is 23.1 Å². The van der Waals surface area contributed by atoms with Crippen LogP contribution in [-0.4, -0.2) is 17.3 Å². The van der Waals surface area contributed by atoms with Gasteiger partial charge in [-0.05, 0) is 18.8 Å². The van der Waals surface area contributed by atoms with Gasteiger partial charge in [0.25, 0.3) is 0 Å². The van der Waals surface area contributed by atoms with Crippen LogP contribution in [0.4, 0.5) is 13.2 Å². The highest BCUT2D eigenvalue weighted by molar-refractivity contribution is 5.77. The molecule has 2 rings (SSSR count). The van der Waals surface area contributed by atoms with Crippen molar-refractivity contribution in [1.82, 2.24) is 0 Å². The van der Waals surface area contributed by atoms with Crippen LogP contribution in [0.2, 0.25) is 0 Å². The molecule has 1 saturated carbocycles. The van der Waals surface area contributed by atoms with Crippen molar-refractivity contribution in [1.29, 1.82) is 0 Å². The van der Waals surface area contributed by atoms with E-state index in [0.29, 0.717) is 6.42 Å². The molecule has 0 amide bonds. The predicted octanol–water partition coefficient (Wildman–Crippen LogP) is 2.22. The van der Waals surface area contributed by atoms with E-state index < -0.39 is 23.5 Å². The molecule has 0 aromatic rings. The summed E-state index contributed by atoms with van der Waals surface area (Å²) in [5.74, 6) is -2.82.